The number of rotatable bonds is 7. The Morgan fingerprint density at radius 3 is 2.47 bits per heavy atom. The zero-order chi connectivity index (χ0) is 24.5. The molecule has 4 N–H and O–H groups in total. The van der Waals surface area contributed by atoms with Crippen molar-refractivity contribution in [2.24, 2.45) is 5.73 Å². The highest BCUT2D eigenvalue weighted by Gasteiger charge is 2.20. The molecule has 0 unspecified atom stereocenters. The van der Waals surface area contributed by atoms with E-state index in [9.17, 15) is 18.0 Å². The molecule has 0 saturated carbocycles. The van der Waals surface area contributed by atoms with E-state index in [1.54, 1.807) is 12.1 Å². The molecule has 0 saturated heterocycles. The first-order chi connectivity index (χ1) is 16.2. The van der Waals surface area contributed by atoms with Crippen LogP contribution in [0.15, 0.2) is 60.9 Å². The largest absolute Gasteiger partial charge is 0.495 e. The third-order valence-corrected chi connectivity index (χ3v) is 5.38. The molecule has 0 atom stereocenters. The number of fused-ring (bicyclic) bond motifs is 1. The first kappa shape index (κ1) is 22.7. The Balaban J connectivity index is 1.78. The molecular formula is C22H20N6O5S. The minimum Gasteiger partial charge on any atom is -0.495 e. The summed E-state index contributed by atoms with van der Waals surface area (Å²) in [6.07, 6.45) is 2.29. The van der Waals surface area contributed by atoms with Gasteiger partial charge in [0.05, 0.1) is 24.7 Å². The first-order valence-electron chi connectivity index (χ1n) is 9.87. The van der Waals surface area contributed by atoms with Crippen molar-refractivity contribution in [1.29, 1.82) is 0 Å². The van der Waals surface area contributed by atoms with E-state index in [0.29, 0.717) is 11.4 Å². The summed E-state index contributed by atoms with van der Waals surface area (Å²) in [7, 11) is -2.19. The van der Waals surface area contributed by atoms with Crippen molar-refractivity contribution in [3.8, 4) is 17.0 Å². The van der Waals surface area contributed by atoms with Crippen LogP contribution in [0.2, 0.25) is 0 Å². The standard InChI is InChI=1S/C22H20N6O5S/c1-33-18-9-8-14(10-16(18)27-34(2,31)32)25-22(30)17-11-15(13-6-4-3-5-7-13)26-21-19(20(23)29)24-12-28(17)21/h3-12,27H,1-2H3,(H2,23,29)(H,25,30). The molecule has 2 aromatic carbocycles. The Morgan fingerprint density at radius 2 is 1.82 bits per heavy atom. The van der Waals surface area contributed by atoms with E-state index in [-0.39, 0.29) is 28.5 Å². The molecule has 2 heterocycles. The van der Waals surface area contributed by atoms with Crippen molar-refractivity contribution < 1.29 is 22.7 Å². The second kappa shape index (κ2) is 8.83. The second-order valence-electron chi connectivity index (χ2n) is 7.29. The van der Waals surface area contributed by atoms with Crippen molar-refractivity contribution >= 4 is 38.9 Å². The number of sulfonamides is 1. The molecule has 0 fully saturated rings. The monoisotopic (exact) mass is 480 g/mol. The number of ether oxygens (including phenoxy) is 1. The number of hydrogen-bond donors (Lipinski definition) is 3. The van der Waals surface area contributed by atoms with Crippen molar-refractivity contribution in [1.82, 2.24) is 14.4 Å². The minimum absolute atomic E-state index is 0.0732. The molecule has 12 heteroatoms. The van der Waals surface area contributed by atoms with Gasteiger partial charge in [0.25, 0.3) is 11.8 Å². The molecule has 2 amide bonds. The number of imidazole rings is 1. The molecule has 0 aliphatic carbocycles. The Kier molecular flexibility index (Phi) is 5.90. The third-order valence-electron chi connectivity index (χ3n) is 4.79. The number of nitrogens with zero attached hydrogens (tertiary/aromatic N) is 3. The summed E-state index contributed by atoms with van der Waals surface area (Å²) in [5, 5.41) is 2.72. The summed E-state index contributed by atoms with van der Waals surface area (Å²) in [5.41, 5.74) is 7.25. The molecule has 11 nitrogen and oxygen atoms in total. The van der Waals surface area contributed by atoms with E-state index < -0.39 is 21.8 Å². The Labute approximate surface area is 194 Å². The number of aromatic nitrogens is 3. The van der Waals surface area contributed by atoms with Gasteiger partial charge in [0.15, 0.2) is 11.3 Å². The molecule has 0 radical (unpaired) electrons. The third kappa shape index (κ3) is 4.66. The lowest BCUT2D eigenvalue weighted by Crippen LogP contribution is -2.18. The molecule has 2 aromatic heterocycles. The molecule has 4 aromatic rings. The number of carbonyl (C=O) groups is 2. The maximum atomic E-state index is 13.3. The van der Waals surface area contributed by atoms with Crippen LogP contribution in [0.4, 0.5) is 11.4 Å². The predicted octanol–water partition coefficient (Wildman–Crippen LogP) is 2.13. The lowest BCUT2D eigenvalue weighted by Gasteiger charge is -2.13. The number of hydrogen-bond acceptors (Lipinski definition) is 7. The van der Waals surface area contributed by atoms with Crippen molar-refractivity contribution in [2.75, 3.05) is 23.4 Å². The van der Waals surface area contributed by atoms with E-state index in [2.05, 4.69) is 20.0 Å². The van der Waals surface area contributed by atoms with Crippen molar-refractivity contribution in [3.63, 3.8) is 0 Å². The summed E-state index contributed by atoms with van der Waals surface area (Å²) in [4.78, 5) is 33.6. The van der Waals surface area contributed by atoms with Gasteiger partial charge in [-0.1, -0.05) is 30.3 Å². The molecule has 0 aliphatic heterocycles. The SMILES string of the molecule is COc1ccc(NC(=O)c2cc(-c3ccccc3)nc3c(C(N)=O)ncn23)cc1NS(C)(=O)=O. The van der Waals surface area contributed by atoms with E-state index >= 15 is 0 Å². The van der Waals surface area contributed by atoms with Crippen LogP contribution in [0.3, 0.4) is 0 Å². The molecule has 0 aliphatic rings. The predicted molar refractivity (Wildman–Crippen MR) is 126 cm³/mol. The highest BCUT2D eigenvalue weighted by molar-refractivity contribution is 7.92. The van der Waals surface area contributed by atoms with Crippen molar-refractivity contribution in [3.05, 3.63) is 72.3 Å². The molecular weight excluding hydrogens is 460 g/mol. The number of nitrogens with one attached hydrogen (secondary N) is 2. The first-order valence-corrected chi connectivity index (χ1v) is 11.8. The van der Waals surface area contributed by atoms with Gasteiger partial charge in [-0.25, -0.2) is 18.4 Å². The number of nitrogens with two attached hydrogens (primary N) is 1. The van der Waals surface area contributed by atoms with Crippen LogP contribution in [-0.4, -0.2) is 48.0 Å². The van der Waals surface area contributed by atoms with Gasteiger partial charge < -0.3 is 15.8 Å². The van der Waals surface area contributed by atoms with Gasteiger partial charge in [-0.05, 0) is 24.3 Å². The molecule has 4 rings (SSSR count). The van der Waals surface area contributed by atoms with Crippen molar-refractivity contribution in [2.45, 2.75) is 0 Å². The van der Waals surface area contributed by atoms with Gasteiger partial charge in [0.2, 0.25) is 10.0 Å². The van der Waals surface area contributed by atoms with E-state index in [1.807, 2.05) is 30.3 Å². The summed E-state index contributed by atoms with van der Waals surface area (Å²) < 4.78 is 32.3. The van der Waals surface area contributed by atoms with Gasteiger partial charge in [0.1, 0.15) is 17.8 Å². The fourth-order valence-electron chi connectivity index (χ4n) is 3.34. The summed E-state index contributed by atoms with van der Waals surface area (Å²) in [6.45, 7) is 0. The summed E-state index contributed by atoms with van der Waals surface area (Å²) in [6, 6.07) is 15.2. The lowest BCUT2D eigenvalue weighted by atomic mass is 10.1. The fourth-order valence-corrected chi connectivity index (χ4v) is 3.90. The highest BCUT2D eigenvalue weighted by atomic mass is 32.2. The topological polar surface area (TPSA) is 158 Å². The number of carbonyl (C=O) groups excluding carboxylic acids is 2. The number of benzene rings is 2. The maximum Gasteiger partial charge on any atom is 0.272 e. The quantitative estimate of drug-likeness (QED) is 0.365. The number of anilines is 2. The Morgan fingerprint density at radius 1 is 1.09 bits per heavy atom. The Bertz CT molecular complexity index is 1520. The van der Waals surface area contributed by atoms with Gasteiger partial charge in [-0.3, -0.25) is 18.7 Å². The molecule has 0 bridgehead atoms. The molecule has 174 valence electrons. The van der Waals surface area contributed by atoms with Crippen LogP contribution in [0.25, 0.3) is 16.9 Å². The normalized spacial score (nSPS) is 11.2. The van der Waals surface area contributed by atoms with Crippen LogP contribution in [-0.2, 0) is 10.0 Å². The summed E-state index contributed by atoms with van der Waals surface area (Å²) in [5.74, 6) is -1.05. The summed E-state index contributed by atoms with van der Waals surface area (Å²) >= 11 is 0. The number of amides is 2. The highest BCUT2D eigenvalue weighted by Crippen LogP contribution is 2.29. The van der Waals surface area contributed by atoms with Crippen LogP contribution in [0.5, 0.6) is 5.75 Å². The van der Waals surface area contributed by atoms with Crippen LogP contribution in [0, 0.1) is 0 Å². The van der Waals surface area contributed by atoms with Crippen LogP contribution in [0.1, 0.15) is 21.0 Å². The second-order valence-corrected chi connectivity index (χ2v) is 9.04. The average molecular weight is 481 g/mol. The van der Waals surface area contributed by atoms with E-state index in [0.717, 1.165) is 11.8 Å². The smallest absolute Gasteiger partial charge is 0.272 e. The minimum atomic E-state index is -3.58. The zero-order valence-corrected chi connectivity index (χ0v) is 19.0. The zero-order valence-electron chi connectivity index (χ0n) is 18.1. The number of primary amides is 1. The molecule has 34 heavy (non-hydrogen) atoms. The fraction of sp³-hybridized carbons (Fsp3) is 0.0909. The average Bonchev–Trinajstić information content (AvgIpc) is 3.22. The van der Waals surface area contributed by atoms with Gasteiger partial charge in [-0.2, -0.15) is 0 Å². The van der Waals surface area contributed by atoms with Gasteiger partial charge >= 0.3 is 0 Å². The van der Waals surface area contributed by atoms with E-state index in [1.165, 1.54) is 30.0 Å². The lowest BCUT2D eigenvalue weighted by molar-refractivity contribution is 0.0993. The van der Waals surface area contributed by atoms with Crippen LogP contribution >= 0.6 is 0 Å². The van der Waals surface area contributed by atoms with Gasteiger partial charge in [-0.15, -0.1) is 0 Å². The molecule has 0 spiro atoms. The Hall–Kier alpha value is -4.45. The van der Waals surface area contributed by atoms with E-state index in [4.69, 9.17) is 10.5 Å². The van der Waals surface area contributed by atoms with Gasteiger partial charge in [0, 0.05) is 11.3 Å². The maximum absolute atomic E-state index is 13.3. The van der Waals surface area contributed by atoms with Crippen LogP contribution < -0.4 is 20.5 Å². The number of methoxy groups -OCH3 is 1.